The standard InChI is InChI=1S/C21H26N4O/c1-14(2)19-16(20(26)23-12-15-9-7-6-8-10-15)13-22-18-11-17(21(3,4)5)24-25(18)19/h6-11,13-14H,12H2,1-5H3,(H,23,26). The second-order valence-electron chi connectivity index (χ2n) is 7.93. The smallest absolute Gasteiger partial charge is 0.254 e. The molecule has 2 heterocycles. The van der Waals surface area contributed by atoms with E-state index < -0.39 is 0 Å². The van der Waals surface area contributed by atoms with Crippen LogP contribution in [0.25, 0.3) is 5.65 Å². The summed E-state index contributed by atoms with van der Waals surface area (Å²) in [6.45, 7) is 11.0. The molecule has 0 unspecified atom stereocenters. The monoisotopic (exact) mass is 350 g/mol. The van der Waals surface area contributed by atoms with Gasteiger partial charge in [-0.15, -0.1) is 0 Å². The molecule has 1 amide bonds. The Morgan fingerprint density at radius 3 is 2.50 bits per heavy atom. The first-order valence-electron chi connectivity index (χ1n) is 8.98. The minimum absolute atomic E-state index is 0.0717. The van der Waals surface area contributed by atoms with E-state index in [0.717, 1.165) is 22.6 Å². The maximum atomic E-state index is 12.8. The first kappa shape index (κ1) is 18.1. The van der Waals surface area contributed by atoms with Gasteiger partial charge < -0.3 is 5.32 Å². The number of carbonyl (C=O) groups excluding carboxylic acids is 1. The van der Waals surface area contributed by atoms with Crippen LogP contribution < -0.4 is 5.32 Å². The van der Waals surface area contributed by atoms with Gasteiger partial charge >= 0.3 is 0 Å². The molecular weight excluding hydrogens is 324 g/mol. The zero-order chi connectivity index (χ0) is 18.9. The van der Waals surface area contributed by atoms with Gasteiger partial charge in [-0.3, -0.25) is 4.79 Å². The third-order valence-corrected chi connectivity index (χ3v) is 4.38. The third kappa shape index (κ3) is 3.62. The van der Waals surface area contributed by atoms with Crippen LogP contribution in [0.4, 0.5) is 0 Å². The minimum atomic E-state index is -0.125. The van der Waals surface area contributed by atoms with Crippen LogP contribution in [0.3, 0.4) is 0 Å². The Bertz CT molecular complexity index is 920. The summed E-state index contributed by atoms with van der Waals surface area (Å²) in [5.74, 6) is 0.0189. The fourth-order valence-electron chi connectivity index (χ4n) is 2.92. The average molecular weight is 350 g/mol. The SMILES string of the molecule is CC(C)c1c(C(=O)NCc2ccccc2)cnc2cc(C(C)(C)C)nn12. The Kier molecular flexibility index (Phi) is 4.81. The Balaban J connectivity index is 1.97. The molecule has 0 spiro atoms. The lowest BCUT2D eigenvalue weighted by Crippen LogP contribution is -2.26. The molecule has 1 N–H and O–H groups in total. The Morgan fingerprint density at radius 1 is 1.19 bits per heavy atom. The minimum Gasteiger partial charge on any atom is -0.348 e. The number of nitrogens with zero attached hydrogens (tertiary/aromatic N) is 3. The number of nitrogens with one attached hydrogen (secondary N) is 1. The first-order chi connectivity index (χ1) is 12.3. The van der Waals surface area contributed by atoms with Gasteiger partial charge in [0.1, 0.15) is 0 Å². The van der Waals surface area contributed by atoms with Crippen molar-refractivity contribution >= 4 is 11.6 Å². The molecule has 0 saturated heterocycles. The van der Waals surface area contributed by atoms with E-state index in [-0.39, 0.29) is 17.2 Å². The van der Waals surface area contributed by atoms with Crippen LogP contribution in [-0.2, 0) is 12.0 Å². The molecule has 0 bridgehead atoms. The molecule has 0 saturated carbocycles. The molecule has 0 fully saturated rings. The van der Waals surface area contributed by atoms with Crippen LogP contribution in [0, 0.1) is 0 Å². The van der Waals surface area contributed by atoms with E-state index in [1.54, 1.807) is 6.20 Å². The van der Waals surface area contributed by atoms with Gasteiger partial charge in [0.05, 0.1) is 17.0 Å². The number of rotatable bonds is 4. The van der Waals surface area contributed by atoms with E-state index in [4.69, 9.17) is 5.10 Å². The highest BCUT2D eigenvalue weighted by Gasteiger charge is 2.23. The predicted octanol–water partition coefficient (Wildman–Crippen LogP) is 4.08. The van der Waals surface area contributed by atoms with Gasteiger partial charge in [-0.2, -0.15) is 5.10 Å². The van der Waals surface area contributed by atoms with E-state index in [0.29, 0.717) is 12.1 Å². The van der Waals surface area contributed by atoms with E-state index >= 15 is 0 Å². The lowest BCUT2D eigenvalue weighted by atomic mass is 9.93. The summed E-state index contributed by atoms with van der Waals surface area (Å²) in [7, 11) is 0. The number of amides is 1. The number of carbonyl (C=O) groups is 1. The van der Waals surface area contributed by atoms with Gasteiger partial charge in [-0.25, -0.2) is 9.50 Å². The van der Waals surface area contributed by atoms with Crippen LogP contribution in [0.2, 0.25) is 0 Å². The summed E-state index contributed by atoms with van der Waals surface area (Å²) < 4.78 is 1.82. The van der Waals surface area contributed by atoms with Crippen LogP contribution in [0.1, 0.15) is 67.8 Å². The van der Waals surface area contributed by atoms with Crippen molar-refractivity contribution in [1.82, 2.24) is 19.9 Å². The Hall–Kier alpha value is -2.69. The Morgan fingerprint density at radius 2 is 1.88 bits per heavy atom. The van der Waals surface area contributed by atoms with Gasteiger partial charge in [0, 0.05) is 24.2 Å². The molecule has 136 valence electrons. The molecular formula is C21H26N4O. The first-order valence-corrected chi connectivity index (χ1v) is 8.98. The van der Waals surface area contributed by atoms with Crippen molar-refractivity contribution < 1.29 is 4.79 Å². The van der Waals surface area contributed by atoms with Crippen molar-refractivity contribution in [3.63, 3.8) is 0 Å². The molecule has 26 heavy (non-hydrogen) atoms. The second-order valence-corrected chi connectivity index (χ2v) is 7.93. The highest BCUT2D eigenvalue weighted by molar-refractivity contribution is 5.95. The van der Waals surface area contributed by atoms with Crippen molar-refractivity contribution in [3.05, 3.63) is 65.1 Å². The highest BCUT2D eigenvalue weighted by Crippen LogP contribution is 2.25. The molecule has 5 heteroatoms. The largest absolute Gasteiger partial charge is 0.348 e. The lowest BCUT2D eigenvalue weighted by Gasteiger charge is -2.15. The number of hydrogen-bond acceptors (Lipinski definition) is 3. The van der Waals surface area contributed by atoms with E-state index in [2.05, 4.69) is 44.9 Å². The number of fused-ring (bicyclic) bond motifs is 1. The summed E-state index contributed by atoms with van der Waals surface area (Å²) in [4.78, 5) is 17.3. The normalized spacial score (nSPS) is 11.9. The van der Waals surface area contributed by atoms with Crippen LogP contribution in [0.15, 0.2) is 42.6 Å². The van der Waals surface area contributed by atoms with E-state index in [1.165, 1.54) is 0 Å². The fraction of sp³-hybridized carbons (Fsp3) is 0.381. The molecule has 5 nitrogen and oxygen atoms in total. The van der Waals surface area contributed by atoms with Crippen molar-refractivity contribution in [3.8, 4) is 0 Å². The predicted molar refractivity (Wildman–Crippen MR) is 103 cm³/mol. The molecule has 0 aliphatic carbocycles. The van der Waals surface area contributed by atoms with Crippen molar-refractivity contribution in [2.45, 2.75) is 52.5 Å². The summed E-state index contributed by atoms with van der Waals surface area (Å²) in [5, 5.41) is 7.73. The van der Waals surface area contributed by atoms with Gasteiger partial charge in [0.2, 0.25) is 0 Å². The number of benzene rings is 1. The summed E-state index contributed by atoms with van der Waals surface area (Å²) in [6.07, 6.45) is 1.67. The molecule has 0 radical (unpaired) electrons. The molecule has 2 aromatic heterocycles. The van der Waals surface area contributed by atoms with Crippen LogP contribution >= 0.6 is 0 Å². The summed E-state index contributed by atoms with van der Waals surface area (Å²) in [5.41, 5.74) is 4.20. The zero-order valence-corrected chi connectivity index (χ0v) is 16.1. The lowest BCUT2D eigenvalue weighted by molar-refractivity contribution is 0.0948. The van der Waals surface area contributed by atoms with Crippen LogP contribution in [-0.4, -0.2) is 20.5 Å². The van der Waals surface area contributed by atoms with Crippen LogP contribution in [0.5, 0.6) is 0 Å². The zero-order valence-electron chi connectivity index (χ0n) is 16.1. The van der Waals surface area contributed by atoms with Crippen molar-refractivity contribution in [2.24, 2.45) is 0 Å². The fourth-order valence-corrected chi connectivity index (χ4v) is 2.92. The number of hydrogen-bond donors (Lipinski definition) is 1. The van der Waals surface area contributed by atoms with Gasteiger partial charge in [0.25, 0.3) is 5.91 Å². The maximum Gasteiger partial charge on any atom is 0.254 e. The highest BCUT2D eigenvalue weighted by atomic mass is 16.1. The molecule has 0 aliphatic heterocycles. The van der Waals surface area contributed by atoms with Crippen molar-refractivity contribution in [2.75, 3.05) is 0 Å². The molecule has 3 aromatic rings. The quantitative estimate of drug-likeness (QED) is 0.771. The molecule has 1 aromatic carbocycles. The topological polar surface area (TPSA) is 59.3 Å². The van der Waals surface area contributed by atoms with E-state index in [9.17, 15) is 4.79 Å². The molecule has 0 aliphatic rings. The average Bonchev–Trinajstić information content (AvgIpc) is 3.04. The molecule has 3 rings (SSSR count). The van der Waals surface area contributed by atoms with E-state index in [1.807, 2.05) is 40.9 Å². The molecule has 0 atom stereocenters. The summed E-state index contributed by atoms with van der Waals surface area (Å²) >= 11 is 0. The van der Waals surface area contributed by atoms with Gasteiger partial charge in [0.15, 0.2) is 5.65 Å². The van der Waals surface area contributed by atoms with Gasteiger partial charge in [-0.1, -0.05) is 65.0 Å². The maximum absolute atomic E-state index is 12.8. The van der Waals surface area contributed by atoms with Gasteiger partial charge in [-0.05, 0) is 11.5 Å². The summed E-state index contributed by atoms with van der Waals surface area (Å²) in [6, 6.07) is 11.9. The third-order valence-electron chi connectivity index (χ3n) is 4.38. The van der Waals surface area contributed by atoms with Crippen molar-refractivity contribution in [1.29, 1.82) is 0 Å². The number of aromatic nitrogens is 3. The second kappa shape index (κ2) is 6.90. The Labute approximate surface area is 154 Å².